The van der Waals surface area contributed by atoms with E-state index in [4.69, 9.17) is 14.2 Å². The number of rotatable bonds is 4. The highest BCUT2D eigenvalue weighted by atomic mass is 16.7. The molecule has 0 amide bonds. The topological polar surface area (TPSA) is 149 Å². The van der Waals surface area contributed by atoms with Crippen molar-refractivity contribution < 1.29 is 44.8 Å². The smallest absolute Gasteiger partial charge is 0.187 e. The van der Waals surface area contributed by atoms with Crippen molar-refractivity contribution in [3.05, 3.63) is 0 Å². The van der Waals surface area contributed by atoms with Crippen molar-refractivity contribution in [1.29, 1.82) is 0 Å². The molecule has 10 unspecified atom stereocenters. The largest absolute Gasteiger partial charge is 0.394 e. The predicted octanol–water partition coefficient (Wildman–Crippen LogP) is -2.03. The van der Waals surface area contributed by atoms with E-state index in [2.05, 4.69) is 0 Å². The van der Waals surface area contributed by atoms with Gasteiger partial charge in [0.15, 0.2) is 6.29 Å². The summed E-state index contributed by atoms with van der Waals surface area (Å²) in [6, 6.07) is 0. The molecule has 0 radical (unpaired) electrons. The number of hydrogen-bond acceptors (Lipinski definition) is 9. The maximum Gasteiger partial charge on any atom is 0.187 e. The molecule has 26 heavy (non-hydrogen) atoms. The zero-order valence-corrected chi connectivity index (χ0v) is 15.6. The average Bonchev–Trinajstić information content (AvgIpc) is 2.58. The summed E-state index contributed by atoms with van der Waals surface area (Å²) in [5.41, 5.74) is -0.493. The second-order valence-electron chi connectivity index (χ2n) is 8.29. The second kappa shape index (κ2) is 8.34. The van der Waals surface area contributed by atoms with Gasteiger partial charge in [-0.25, -0.2) is 0 Å². The van der Waals surface area contributed by atoms with Gasteiger partial charge in [0.1, 0.15) is 30.5 Å². The first-order chi connectivity index (χ1) is 12.0. The van der Waals surface area contributed by atoms with Crippen molar-refractivity contribution in [3.8, 4) is 0 Å². The average molecular weight is 380 g/mol. The normalized spacial score (nSPS) is 47.8. The lowest BCUT2D eigenvalue weighted by atomic mass is 9.80. The third kappa shape index (κ3) is 4.21. The van der Waals surface area contributed by atoms with Gasteiger partial charge in [-0.15, -0.1) is 0 Å². The molecule has 0 bridgehead atoms. The number of hydrogen-bond donors (Lipinski definition) is 6. The monoisotopic (exact) mass is 380 g/mol. The third-order valence-electron chi connectivity index (χ3n) is 5.25. The molecule has 0 aromatic heterocycles. The first-order valence-corrected chi connectivity index (χ1v) is 8.93. The maximum atomic E-state index is 10.5. The zero-order chi connectivity index (χ0) is 19.8. The lowest BCUT2D eigenvalue weighted by molar-refractivity contribution is -0.340. The van der Waals surface area contributed by atoms with Crippen LogP contribution in [0.3, 0.4) is 0 Å². The van der Waals surface area contributed by atoms with E-state index in [9.17, 15) is 30.6 Å². The summed E-state index contributed by atoms with van der Waals surface area (Å²) in [6.45, 7) is 6.26. The summed E-state index contributed by atoms with van der Waals surface area (Å²) in [7, 11) is 0. The summed E-state index contributed by atoms with van der Waals surface area (Å²) in [5, 5.41) is 60.3. The van der Waals surface area contributed by atoms with Crippen molar-refractivity contribution in [2.75, 3.05) is 13.2 Å². The molecule has 0 spiro atoms. The van der Waals surface area contributed by atoms with Gasteiger partial charge in [0.05, 0.1) is 31.5 Å². The number of ether oxygens (including phenoxy) is 3. The van der Waals surface area contributed by atoms with E-state index in [0.29, 0.717) is 0 Å². The molecule has 2 rings (SSSR count). The van der Waals surface area contributed by atoms with Crippen molar-refractivity contribution in [2.45, 2.75) is 82.8 Å². The quantitative estimate of drug-likeness (QED) is 0.325. The van der Waals surface area contributed by atoms with Crippen molar-refractivity contribution in [2.24, 2.45) is 11.3 Å². The minimum absolute atomic E-state index is 0.382. The van der Waals surface area contributed by atoms with Gasteiger partial charge in [-0.3, -0.25) is 0 Å². The Balaban J connectivity index is 2.16. The highest BCUT2D eigenvalue weighted by molar-refractivity contribution is 4.98. The summed E-state index contributed by atoms with van der Waals surface area (Å²) in [6.07, 6.45) is -10.3. The van der Waals surface area contributed by atoms with Gasteiger partial charge in [-0.2, -0.15) is 0 Å². The van der Waals surface area contributed by atoms with Crippen LogP contribution < -0.4 is 0 Å². The molecular formula is C17H32O9. The van der Waals surface area contributed by atoms with Gasteiger partial charge < -0.3 is 44.8 Å². The van der Waals surface area contributed by atoms with Crippen LogP contribution in [0.4, 0.5) is 0 Å². The van der Waals surface area contributed by atoms with Crippen LogP contribution in [0.15, 0.2) is 0 Å². The summed E-state index contributed by atoms with van der Waals surface area (Å²) in [5.74, 6) is -0.521. The molecule has 6 N–H and O–H groups in total. The molecule has 2 aliphatic heterocycles. The Hall–Kier alpha value is -0.360. The minimum Gasteiger partial charge on any atom is -0.394 e. The van der Waals surface area contributed by atoms with Crippen molar-refractivity contribution in [1.82, 2.24) is 0 Å². The van der Waals surface area contributed by atoms with Crippen LogP contribution in [0.25, 0.3) is 0 Å². The van der Waals surface area contributed by atoms with Gasteiger partial charge in [0, 0.05) is 5.92 Å². The first kappa shape index (κ1) is 21.9. The Labute approximate surface area is 153 Å². The number of aliphatic hydroxyl groups excluding tert-OH is 6. The van der Waals surface area contributed by atoms with Crippen LogP contribution >= 0.6 is 0 Å². The lowest BCUT2D eigenvalue weighted by Crippen LogP contribution is -2.65. The lowest BCUT2D eigenvalue weighted by Gasteiger charge is -2.49. The molecule has 10 atom stereocenters. The van der Waals surface area contributed by atoms with E-state index in [1.807, 2.05) is 20.8 Å². The van der Waals surface area contributed by atoms with E-state index >= 15 is 0 Å². The molecule has 9 heteroatoms. The molecule has 2 heterocycles. The van der Waals surface area contributed by atoms with E-state index < -0.39 is 73.1 Å². The van der Waals surface area contributed by atoms with Crippen LogP contribution in [0.1, 0.15) is 27.7 Å². The van der Waals surface area contributed by atoms with Crippen LogP contribution in [0.5, 0.6) is 0 Å². The Morgan fingerprint density at radius 3 is 1.88 bits per heavy atom. The highest BCUT2D eigenvalue weighted by Crippen LogP contribution is 2.36. The molecule has 2 aliphatic rings. The first-order valence-electron chi connectivity index (χ1n) is 8.93. The molecule has 0 aliphatic carbocycles. The third-order valence-corrected chi connectivity index (χ3v) is 5.25. The van der Waals surface area contributed by atoms with E-state index in [1.165, 1.54) is 0 Å². The van der Waals surface area contributed by atoms with E-state index in [0.717, 1.165) is 0 Å². The van der Waals surface area contributed by atoms with Crippen LogP contribution in [0, 0.1) is 11.3 Å². The summed E-state index contributed by atoms with van der Waals surface area (Å²) >= 11 is 0. The highest BCUT2D eigenvalue weighted by Gasteiger charge is 2.51. The van der Waals surface area contributed by atoms with Gasteiger partial charge in [0.2, 0.25) is 0 Å². The SMILES string of the molecule is CC1C(CO)OC(OC2C(CO)OC(C(C)(C)C)C(O)C2O)C(O)C1O. The molecule has 2 fully saturated rings. The van der Waals surface area contributed by atoms with Gasteiger partial charge in [0.25, 0.3) is 0 Å². The molecule has 154 valence electrons. The second-order valence-corrected chi connectivity index (χ2v) is 8.29. The fourth-order valence-electron chi connectivity index (χ4n) is 3.52. The van der Waals surface area contributed by atoms with Gasteiger partial charge in [-0.1, -0.05) is 27.7 Å². The predicted molar refractivity (Wildman–Crippen MR) is 89.0 cm³/mol. The Morgan fingerprint density at radius 1 is 0.808 bits per heavy atom. The van der Waals surface area contributed by atoms with E-state index in [-0.39, 0.29) is 6.61 Å². The fourth-order valence-corrected chi connectivity index (χ4v) is 3.52. The Kier molecular flexibility index (Phi) is 7.03. The zero-order valence-electron chi connectivity index (χ0n) is 15.6. The van der Waals surface area contributed by atoms with Crippen molar-refractivity contribution in [3.63, 3.8) is 0 Å². The molecule has 0 aromatic carbocycles. The fraction of sp³-hybridized carbons (Fsp3) is 1.00. The minimum atomic E-state index is -1.42. The number of aliphatic hydroxyl groups is 6. The molecule has 0 saturated carbocycles. The van der Waals surface area contributed by atoms with Crippen LogP contribution in [-0.2, 0) is 14.2 Å². The molecule has 0 aromatic rings. The summed E-state index contributed by atoms with van der Waals surface area (Å²) in [4.78, 5) is 0. The van der Waals surface area contributed by atoms with Crippen LogP contribution in [0.2, 0.25) is 0 Å². The molecule has 9 nitrogen and oxygen atoms in total. The maximum absolute atomic E-state index is 10.5. The van der Waals surface area contributed by atoms with Crippen molar-refractivity contribution >= 4 is 0 Å². The van der Waals surface area contributed by atoms with Gasteiger partial charge in [-0.05, 0) is 5.41 Å². The standard InChI is InChI=1S/C17H32O9/c1-7-8(5-18)25-16(13(23)10(7)20)26-14-9(6-19)24-15(17(2,3)4)12(22)11(14)21/h7-16,18-23H,5-6H2,1-4H3. The molecule has 2 saturated heterocycles. The Morgan fingerprint density at radius 2 is 1.38 bits per heavy atom. The van der Waals surface area contributed by atoms with E-state index in [1.54, 1.807) is 6.92 Å². The summed E-state index contributed by atoms with van der Waals surface area (Å²) < 4.78 is 16.8. The molecular weight excluding hydrogens is 348 g/mol. The Bertz CT molecular complexity index is 450. The van der Waals surface area contributed by atoms with Crippen LogP contribution in [-0.4, -0.2) is 99.0 Å². The van der Waals surface area contributed by atoms with Gasteiger partial charge >= 0.3 is 0 Å².